The molecule has 2 aromatic carbocycles. The smallest absolute Gasteiger partial charge is 0.230 e. The Morgan fingerprint density at radius 3 is 2.74 bits per heavy atom. The maximum Gasteiger partial charge on any atom is 0.230 e. The number of benzene rings is 2. The average molecular weight is 380 g/mol. The van der Waals surface area contributed by atoms with Gasteiger partial charge in [0.05, 0.1) is 20.6 Å². The summed E-state index contributed by atoms with van der Waals surface area (Å²) in [5, 5.41) is 7.64. The second-order valence-corrected chi connectivity index (χ2v) is 8.57. The van der Waals surface area contributed by atoms with Gasteiger partial charge in [-0.1, -0.05) is 42.5 Å². The molecule has 2 heterocycles. The predicted molar refractivity (Wildman–Crippen MR) is 111 cm³/mol. The van der Waals surface area contributed by atoms with Gasteiger partial charge in [0.1, 0.15) is 0 Å². The Balaban J connectivity index is 1.60. The van der Waals surface area contributed by atoms with Gasteiger partial charge in [0, 0.05) is 19.0 Å². The van der Waals surface area contributed by atoms with Crippen LogP contribution in [0.4, 0.5) is 0 Å². The maximum absolute atomic E-state index is 13.3. The number of hydrogen-bond acceptors (Lipinski definition) is 4. The number of para-hydroxylation sites is 1. The van der Waals surface area contributed by atoms with Gasteiger partial charge in [-0.15, -0.1) is 11.3 Å². The van der Waals surface area contributed by atoms with Crippen LogP contribution in [0, 0.1) is 0 Å². The molecular weight excluding hydrogens is 354 g/mol. The minimum absolute atomic E-state index is 0.0710. The summed E-state index contributed by atoms with van der Waals surface area (Å²) in [4.78, 5) is 18.0. The summed E-state index contributed by atoms with van der Waals surface area (Å²) in [7, 11) is 0. The highest BCUT2D eigenvalue weighted by Gasteiger charge is 2.36. The van der Waals surface area contributed by atoms with Crippen LogP contribution < -0.4 is 10.6 Å². The van der Waals surface area contributed by atoms with Gasteiger partial charge in [0.15, 0.2) is 0 Å². The number of rotatable bonds is 6. The molecule has 140 valence electrons. The molecule has 4 nitrogen and oxygen atoms in total. The molecule has 0 bridgehead atoms. The number of amides is 1. The van der Waals surface area contributed by atoms with E-state index in [0.29, 0.717) is 19.0 Å². The highest BCUT2D eigenvalue weighted by atomic mass is 32.1. The van der Waals surface area contributed by atoms with Crippen molar-refractivity contribution < 1.29 is 4.79 Å². The molecule has 2 atom stereocenters. The molecule has 0 saturated carbocycles. The molecule has 1 aromatic heterocycles. The Hall–Kier alpha value is -2.24. The SMILES string of the molecule is CC(Cc1nc2ccccc2s1)(C(=O)NCC1CCCN1)c1ccccc1. The van der Waals surface area contributed by atoms with Crippen LogP contribution in [0.1, 0.15) is 30.3 Å². The van der Waals surface area contributed by atoms with E-state index in [1.807, 2.05) is 55.5 Å². The number of aromatic nitrogens is 1. The van der Waals surface area contributed by atoms with Crippen molar-refractivity contribution >= 4 is 27.5 Å². The van der Waals surface area contributed by atoms with Crippen LogP contribution in [0.2, 0.25) is 0 Å². The highest BCUT2D eigenvalue weighted by Crippen LogP contribution is 2.32. The van der Waals surface area contributed by atoms with Gasteiger partial charge in [-0.05, 0) is 44.0 Å². The number of hydrogen-bond donors (Lipinski definition) is 2. The zero-order chi connectivity index (χ0) is 18.7. The first kappa shape index (κ1) is 18.1. The van der Waals surface area contributed by atoms with E-state index in [-0.39, 0.29) is 5.91 Å². The van der Waals surface area contributed by atoms with E-state index < -0.39 is 5.41 Å². The molecule has 0 spiro atoms. The van der Waals surface area contributed by atoms with E-state index in [0.717, 1.165) is 29.1 Å². The van der Waals surface area contributed by atoms with E-state index in [1.54, 1.807) is 11.3 Å². The first-order valence-electron chi connectivity index (χ1n) is 9.57. The Morgan fingerprint density at radius 2 is 2.00 bits per heavy atom. The van der Waals surface area contributed by atoms with E-state index in [4.69, 9.17) is 4.98 Å². The van der Waals surface area contributed by atoms with Gasteiger partial charge in [-0.3, -0.25) is 4.79 Å². The maximum atomic E-state index is 13.3. The number of fused-ring (bicyclic) bond motifs is 1. The Morgan fingerprint density at radius 1 is 1.22 bits per heavy atom. The Bertz CT molecular complexity index is 884. The van der Waals surface area contributed by atoms with E-state index in [2.05, 4.69) is 16.7 Å². The van der Waals surface area contributed by atoms with Gasteiger partial charge in [0.2, 0.25) is 5.91 Å². The van der Waals surface area contributed by atoms with Crippen molar-refractivity contribution in [3.8, 4) is 0 Å². The van der Waals surface area contributed by atoms with Gasteiger partial charge in [-0.25, -0.2) is 4.98 Å². The topological polar surface area (TPSA) is 54.0 Å². The molecule has 3 aromatic rings. The van der Waals surface area contributed by atoms with Crippen molar-refractivity contribution in [1.29, 1.82) is 0 Å². The van der Waals surface area contributed by atoms with Gasteiger partial charge < -0.3 is 10.6 Å². The zero-order valence-electron chi connectivity index (χ0n) is 15.6. The average Bonchev–Trinajstić information content (AvgIpc) is 3.35. The van der Waals surface area contributed by atoms with Crippen LogP contribution in [0.5, 0.6) is 0 Å². The molecule has 1 fully saturated rings. The largest absolute Gasteiger partial charge is 0.354 e. The summed E-state index contributed by atoms with van der Waals surface area (Å²) in [6.07, 6.45) is 2.91. The second-order valence-electron chi connectivity index (χ2n) is 7.45. The monoisotopic (exact) mass is 379 g/mol. The second kappa shape index (κ2) is 7.79. The lowest BCUT2D eigenvalue weighted by Crippen LogP contribution is -2.47. The predicted octanol–water partition coefficient (Wildman–Crippen LogP) is 3.66. The minimum atomic E-state index is -0.645. The molecule has 1 aliphatic heterocycles. The van der Waals surface area contributed by atoms with Crippen LogP contribution >= 0.6 is 11.3 Å². The Labute approximate surface area is 164 Å². The molecule has 1 saturated heterocycles. The Kier molecular flexibility index (Phi) is 5.23. The molecule has 4 rings (SSSR count). The van der Waals surface area contributed by atoms with Crippen LogP contribution in [0.25, 0.3) is 10.2 Å². The fraction of sp³-hybridized carbons (Fsp3) is 0.364. The van der Waals surface area contributed by atoms with Crippen LogP contribution in [-0.4, -0.2) is 30.0 Å². The summed E-state index contributed by atoms with van der Waals surface area (Å²) >= 11 is 1.68. The molecule has 0 aliphatic carbocycles. The van der Waals surface area contributed by atoms with Crippen molar-refractivity contribution in [2.24, 2.45) is 0 Å². The zero-order valence-corrected chi connectivity index (χ0v) is 16.4. The first-order chi connectivity index (χ1) is 13.1. The lowest BCUT2D eigenvalue weighted by Gasteiger charge is -2.29. The molecule has 5 heteroatoms. The summed E-state index contributed by atoms with van der Waals surface area (Å²) < 4.78 is 1.17. The van der Waals surface area contributed by atoms with E-state index >= 15 is 0 Å². The molecule has 27 heavy (non-hydrogen) atoms. The highest BCUT2D eigenvalue weighted by molar-refractivity contribution is 7.18. The summed E-state index contributed by atoms with van der Waals surface area (Å²) in [5.74, 6) is 0.0710. The first-order valence-corrected chi connectivity index (χ1v) is 10.4. The third-order valence-electron chi connectivity index (χ3n) is 5.43. The minimum Gasteiger partial charge on any atom is -0.354 e. The van der Waals surface area contributed by atoms with Crippen LogP contribution in [0.3, 0.4) is 0 Å². The van der Waals surface area contributed by atoms with Crippen molar-refractivity contribution in [2.45, 2.75) is 37.6 Å². The molecule has 1 aliphatic rings. The van der Waals surface area contributed by atoms with Crippen LogP contribution in [-0.2, 0) is 16.6 Å². The quantitative estimate of drug-likeness (QED) is 0.687. The van der Waals surface area contributed by atoms with Gasteiger partial charge in [-0.2, -0.15) is 0 Å². The summed E-state index contributed by atoms with van der Waals surface area (Å²) in [5.41, 5.74) is 1.39. The van der Waals surface area contributed by atoms with Crippen LogP contribution in [0.15, 0.2) is 54.6 Å². The fourth-order valence-electron chi connectivity index (χ4n) is 3.76. The molecular formula is C22H25N3OS. The number of carbonyl (C=O) groups excluding carboxylic acids is 1. The summed E-state index contributed by atoms with van der Waals surface area (Å²) in [6.45, 7) is 3.76. The van der Waals surface area contributed by atoms with Crippen molar-refractivity contribution in [3.63, 3.8) is 0 Å². The number of carbonyl (C=O) groups is 1. The van der Waals surface area contributed by atoms with E-state index in [1.165, 1.54) is 11.1 Å². The van der Waals surface area contributed by atoms with E-state index in [9.17, 15) is 4.79 Å². The number of nitrogens with one attached hydrogen (secondary N) is 2. The molecule has 0 radical (unpaired) electrons. The number of thiazole rings is 1. The summed E-state index contributed by atoms with van der Waals surface area (Å²) in [6, 6.07) is 18.6. The third-order valence-corrected chi connectivity index (χ3v) is 6.46. The van der Waals surface area contributed by atoms with Gasteiger partial charge in [0.25, 0.3) is 0 Å². The fourth-order valence-corrected chi connectivity index (χ4v) is 4.88. The van der Waals surface area contributed by atoms with Gasteiger partial charge >= 0.3 is 0 Å². The number of nitrogens with zero attached hydrogens (tertiary/aromatic N) is 1. The molecule has 1 amide bonds. The molecule has 2 unspecified atom stereocenters. The van der Waals surface area contributed by atoms with Crippen molar-refractivity contribution in [2.75, 3.05) is 13.1 Å². The third kappa shape index (κ3) is 3.89. The standard InChI is InChI=1S/C22H25N3OS/c1-22(16-8-3-2-4-9-16,21(26)24-15-17-10-7-13-23-17)14-20-25-18-11-5-6-12-19(18)27-20/h2-6,8-9,11-12,17,23H,7,10,13-15H2,1H3,(H,24,26). The molecule has 2 N–H and O–H groups in total. The van der Waals surface area contributed by atoms with Crippen molar-refractivity contribution in [3.05, 3.63) is 65.2 Å². The lowest BCUT2D eigenvalue weighted by atomic mass is 9.78. The lowest BCUT2D eigenvalue weighted by molar-refractivity contribution is -0.126. The van der Waals surface area contributed by atoms with Crippen molar-refractivity contribution in [1.82, 2.24) is 15.6 Å². The normalized spacial score (nSPS) is 19.1.